The minimum Gasteiger partial charge on any atom is -0.350 e. The summed E-state index contributed by atoms with van der Waals surface area (Å²) >= 11 is 5.80. The van der Waals surface area contributed by atoms with Crippen LogP contribution >= 0.6 is 11.6 Å². The molecule has 32 heavy (non-hydrogen) atoms. The summed E-state index contributed by atoms with van der Waals surface area (Å²) in [5.74, 6) is -0.646. The maximum absolute atomic E-state index is 12.5. The summed E-state index contributed by atoms with van der Waals surface area (Å²) in [6, 6.07) is 19.1. The molecule has 0 aliphatic carbocycles. The third kappa shape index (κ3) is 6.32. The van der Waals surface area contributed by atoms with Gasteiger partial charge in [0.05, 0.1) is 4.90 Å². The summed E-state index contributed by atoms with van der Waals surface area (Å²) in [6.07, 6.45) is 0. The van der Waals surface area contributed by atoms with E-state index in [1.807, 2.05) is 19.1 Å². The highest BCUT2D eigenvalue weighted by Gasteiger charge is 2.15. The van der Waals surface area contributed by atoms with Gasteiger partial charge in [0.25, 0.3) is 21.8 Å². The Kier molecular flexibility index (Phi) is 7.50. The van der Waals surface area contributed by atoms with E-state index in [0.29, 0.717) is 21.8 Å². The van der Waals surface area contributed by atoms with Gasteiger partial charge < -0.3 is 10.6 Å². The van der Waals surface area contributed by atoms with Crippen molar-refractivity contribution in [1.29, 1.82) is 0 Å². The predicted octanol–water partition coefficient (Wildman–Crippen LogP) is 3.61. The van der Waals surface area contributed by atoms with Crippen molar-refractivity contribution in [1.82, 2.24) is 10.6 Å². The molecule has 0 spiro atoms. The topological polar surface area (TPSA) is 104 Å². The van der Waals surface area contributed by atoms with E-state index in [9.17, 15) is 18.0 Å². The van der Waals surface area contributed by atoms with Crippen LogP contribution in [0.5, 0.6) is 0 Å². The molecule has 0 aliphatic heterocycles. The number of anilines is 1. The summed E-state index contributed by atoms with van der Waals surface area (Å²) in [7, 11) is -3.77. The van der Waals surface area contributed by atoms with Crippen molar-refractivity contribution < 1.29 is 18.0 Å². The van der Waals surface area contributed by atoms with Crippen molar-refractivity contribution in [2.24, 2.45) is 0 Å². The molecule has 0 fully saturated rings. The van der Waals surface area contributed by atoms with Crippen molar-refractivity contribution in [3.8, 4) is 0 Å². The van der Waals surface area contributed by atoms with Crippen molar-refractivity contribution in [3.05, 3.63) is 94.5 Å². The fraction of sp³-hybridized carbons (Fsp3) is 0.130. The number of carbonyl (C=O) groups excluding carboxylic acids is 2. The highest BCUT2D eigenvalue weighted by Crippen LogP contribution is 2.17. The molecular formula is C23H22ClN3O4S. The van der Waals surface area contributed by atoms with Gasteiger partial charge in [-0.15, -0.1) is 0 Å². The van der Waals surface area contributed by atoms with Crippen LogP contribution in [0.15, 0.2) is 77.7 Å². The Morgan fingerprint density at radius 3 is 1.72 bits per heavy atom. The molecule has 3 N–H and O–H groups in total. The number of carbonyl (C=O) groups is 2. The van der Waals surface area contributed by atoms with Crippen LogP contribution in [0.25, 0.3) is 0 Å². The van der Waals surface area contributed by atoms with E-state index in [0.717, 1.165) is 5.56 Å². The number of sulfonamides is 1. The molecule has 0 bridgehead atoms. The van der Waals surface area contributed by atoms with Crippen LogP contribution in [-0.4, -0.2) is 33.3 Å². The van der Waals surface area contributed by atoms with Gasteiger partial charge in [-0.3, -0.25) is 14.3 Å². The number of hydrogen-bond donors (Lipinski definition) is 3. The Labute approximate surface area is 191 Å². The number of aryl methyl sites for hydroxylation is 1. The first-order valence-electron chi connectivity index (χ1n) is 9.76. The normalized spacial score (nSPS) is 10.9. The van der Waals surface area contributed by atoms with Crippen LogP contribution < -0.4 is 15.4 Å². The highest BCUT2D eigenvalue weighted by atomic mass is 35.5. The lowest BCUT2D eigenvalue weighted by atomic mass is 10.2. The van der Waals surface area contributed by atoms with Crippen LogP contribution in [0, 0.1) is 6.92 Å². The second-order valence-corrected chi connectivity index (χ2v) is 9.13. The van der Waals surface area contributed by atoms with E-state index in [1.165, 1.54) is 24.3 Å². The third-order valence-corrected chi connectivity index (χ3v) is 6.18. The van der Waals surface area contributed by atoms with Gasteiger partial charge in [-0.25, -0.2) is 8.42 Å². The van der Waals surface area contributed by atoms with Gasteiger partial charge in [-0.05, 0) is 67.6 Å². The second-order valence-electron chi connectivity index (χ2n) is 7.01. The summed E-state index contributed by atoms with van der Waals surface area (Å²) in [5.41, 5.74) is 2.26. The molecule has 9 heteroatoms. The van der Waals surface area contributed by atoms with E-state index in [2.05, 4.69) is 15.4 Å². The first-order valence-corrected chi connectivity index (χ1v) is 11.6. The van der Waals surface area contributed by atoms with Gasteiger partial charge in [-0.1, -0.05) is 29.3 Å². The molecule has 7 nitrogen and oxygen atoms in total. The standard InChI is InChI=1S/C23H22ClN3O4S/c1-16-2-10-20(11-3-16)27-32(30,31)21-12-6-18(7-13-21)23(29)26-15-14-25-22(28)17-4-8-19(24)9-5-17/h2-13,27H,14-15H2,1H3,(H,25,28)(H,26,29). The fourth-order valence-corrected chi connectivity index (χ4v) is 3.96. The zero-order valence-electron chi connectivity index (χ0n) is 17.3. The van der Waals surface area contributed by atoms with Crippen LogP contribution in [-0.2, 0) is 10.0 Å². The fourth-order valence-electron chi connectivity index (χ4n) is 2.78. The van der Waals surface area contributed by atoms with Crippen LogP contribution in [0.2, 0.25) is 5.02 Å². The second kappa shape index (κ2) is 10.3. The molecule has 3 rings (SSSR count). The molecule has 0 radical (unpaired) electrons. The number of hydrogen-bond acceptors (Lipinski definition) is 4. The molecule has 0 heterocycles. The first kappa shape index (κ1) is 23.3. The predicted molar refractivity (Wildman–Crippen MR) is 125 cm³/mol. The highest BCUT2D eigenvalue weighted by molar-refractivity contribution is 7.92. The molecule has 166 valence electrons. The van der Waals surface area contributed by atoms with E-state index >= 15 is 0 Å². The maximum Gasteiger partial charge on any atom is 0.261 e. The largest absolute Gasteiger partial charge is 0.350 e. The number of benzene rings is 3. The first-order chi connectivity index (χ1) is 15.2. The number of nitrogens with one attached hydrogen (secondary N) is 3. The average molecular weight is 472 g/mol. The van der Waals surface area contributed by atoms with E-state index in [4.69, 9.17) is 11.6 Å². The smallest absolute Gasteiger partial charge is 0.261 e. The number of amides is 2. The molecule has 0 unspecified atom stereocenters. The van der Waals surface area contributed by atoms with Crippen molar-refractivity contribution in [2.45, 2.75) is 11.8 Å². The van der Waals surface area contributed by atoms with Gasteiger partial charge in [0.15, 0.2) is 0 Å². The molecule has 2 amide bonds. The summed E-state index contributed by atoms with van der Waals surface area (Å²) in [5, 5.41) is 5.92. The van der Waals surface area contributed by atoms with Crippen molar-refractivity contribution >= 4 is 39.1 Å². The van der Waals surface area contributed by atoms with Crippen LogP contribution in [0.3, 0.4) is 0 Å². The van der Waals surface area contributed by atoms with Crippen LogP contribution in [0.4, 0.5) is 5.69 Å². The quantitative estimate of drug-likeness (QED) is 0.436. The average Bonchev–Trinajstić information content (AvgIpc) is 2.78. The zero-order valence-corrected chi connectivity index (χ0v) is 18.8. The Morgan fingerprint density at radius 2 is 1.22 bits per heavy atom. The van der Waals surface area contributed by atoms with Gasteiger partial charge in [0.2, 0.25) is 0 Å². The lowest BCUT2D eigenvalue weighted by Gasteiger charge is -2.10. The molecule has 0 atom stereocenters. The van der Waals surface area contributed by atoms with Gasteiger partial charge in [0.1, 0.15) is 0 Å². The molecule has 0 aliphatic rings. The summed E-state index contributed by atoms with van der Waals surface area (Å²) < 4.78 is 27.5. The molecule has 0 saturated heterocycles. The Balaban J connectivity index is 1.50. The molecule has 3 aromatic carbocycles. The molecular weight excluding hydrogens is 450 g/mol. The monoisotopic (exact) mass is 471 g/mol. The summed E-state index contributed by atoms with van der Waals surface area (Å²) in [6.45, 7) is 2.36. The number of rotatable bonds is 8. The number of halogens is 1. The SMILES string of the molecule is Cc1ccc(NS(=O)(=O)c2ccc(C(=O)NCCNC(=O)c3ccc(Cl)cc3)cc2)cc1. The van der Waals surface area contributed by atoms with Gasteiger partial charge in [-0.2, -0.15) is 0 Å². The van der Waals surface area contributed by atoms with E-state index in [1.54, 1.807) is 36.4 Å². The molecule has 3 aromatic rings. The maximum atomic E-state index is 12.5. The minimum absolute atomic E-state index is 0.0462. The van der Waals surface area contributed by atoms with Gasteiger partial charge in [0, 0.05) is 34.9 Å². The zero-order chi connectivity index (χ0) is 23.1. The Morgan fingerprint density at radius 1 is 0.750 bits per heavy atom. The lowest BCUT2D eigenvalue weighted by Crippen LogP contribution is -2.34. The minimum atomic E-state index is -3.77. The van der Waals surface area contributed by atoms with Crippen molar-refractivity contribution in [2.75, 3.05) is 17.8 Å². The van der Waals surface area contributed by atoms with Crippen molar-refractivity contribution in [3.63, 3.8) is 0 Å². The van der Waals surface area contributed by atoms with E-state index in [-0.39, 0.29) is 29.8 Å². The lowest BCUT2D eigenvalue weighted by molar-refractivity contribution is 0.0927. The Bertz CT molecular complexity index is 1190. The van der Waals surface area contributed by atoms with E-state index < -0.39 is 10.0 Å². The van der Waals surface area contributed by atoms with Crippen LogP contribution in [0.1, 0.15) is 26.3 Å². The molecule has 0 aromatic heterocycles. The molecule has 0 saturated carbocycles. The third-order valence-electron chi connectivity index (χ3n) is 4.53. The van der Waals surface area contributed by atoms with Gasteiger partial charge >= 0.3 is 0 Å². The Hall–Kier alpha value is -3.36. The summed E-state index contributed by atoms with van der Waals surface area (Å²) in [4.78, 5) is 24.3.